The number of hydrogen-bond donors (Lipinski definition) is 2. The zero-order valence-electron chi connectivity index (χ0n) is 20.1. The molecule has 4 aliphatic rings. The lowest BCUT2D eigenvalue weighted by Crippen LogP contribution is -2.47. The second kappa shape index (κ2) is 10.2. The fraction of sp³-hybridized carbons (Fsp3) is 0.500. The number of piperazine rings is 1. The summed E-state index contributed by atoms with van der Waals surface area (Å²) in [5, 5.41) is 12.8. The molecule has 0 aromatic carbocycles. The van der Waals surface area contributed by atoms with Gasteiger partial charge in [-0.05, 0) is 55.5 Å². The van der Waals surface area contributed by atoms with Crippen LogP contribution in [0.5, 0.6) is 0 Å². The number of rotatable bonds is 6. The number of nitrogens with one attached hydrogen (secondary N) is 1. The maximum atomic E-state index is 12.5. The first kappa shape index (κ1) is 23.6. The summed E-state index contributed by atoms with van der Waals surface area (Å²) < 4.78 is 0. The number of amides is 2. The van der Waals surface area contributed by atoms with Crippen molar-refractivity contribution < 1.29 is 14.7 Å². The highest BCUT2D eigenvalue weighted by molar-refractivity contribution is 6.16. The first-order valence-electron chi connectivity index (χ1n) is 12.5. The van der Waals surface area contributed by atoms with E-state index in [0.717, 1.165) is 74.5 Å². The summed E-state index contributed by atoms with van der Waals surface area (Å²) in [5.41, 5.74) is 3.91. The lowest BCUT2D eigenvalue weighted by molar-refractivity contribution is -0.114. The Balaban J connectivity index is 1.12. The predicted molar refractivity (Wildman–Crippen MR) is 135 cm³/mol. The van der Waals surface area contributed by atoms with Crippen LogP contribution in [0.25, 0.3) is 0 Å². The van der Waals surface area contributed by atoms with E-state index in [4.69, 9.17) is 0 Å². The monoisotopic (exact) mass is 476 g/mol. The molecule has 0 bridgehead atoms. The average molecular weight is 477 g/mol. The Labute approximate surface area is 205 Å². The van der Waals surface area contributed by atoms with Crippen molar-refractivity contribution in [1.29, 1.82) is 0 Å². The Kier molecular flexibility index (Phi) is 6.88. The number of aromatic nitrogens is 1. The molecule has 0 spiro atoms. The van der Waals surface area contributed by atoms with Crippen molar-refractivity contribution >= 4 is 29.4 Å². The molecule has 4 heterocycles. The highest BCUT2D eigenvalue weighted by atomic mass is 16.3. The molecule has 1 aliphatic carbocycles. The quantitative estimate of drug-likeness (QED) is 0.645. The molecule has 1 unspecified atom stereocenters. The van der Waals surface area contributed by atoms with Gasteiger partial charge in [0.25, 0.3) is 11.8 Å². The van der Waals surface area contributed by atoms with Gasteiger partial charge < -0.3 is 15.3 Å². The highest BCUT2D eigenvalue weighted by Gasteiger charge is 2.28. The van der Waals surface area contributed by atoms with Crippen LogP contribution in [0.4, 0.5) is 5.69 Å². The topological polar surface area (TPSA) is 110 Å². The zero-order chi connectivity index (χ0) is 24.4. The largest absolute Gasteiger partial charge is 0.391 e. The van der Waals surface area contributed by atoms with E-state index in [9.17, 15) is 14.7 Å². The van der Waals surface area contributed by atoms with Crippen molar-refractivity contribution in [3.8, 4) is 0 Å². The lowest BCUT2D eigenvalue weighted by Gasteiger charge is -2.36. The lowest BCUT2D eigenvalue weighted by atomic mass is 9.98. The van der Waals surface area contributed by atoms with E-state index in [0.29, 0.717) is 12.1 Å². The summed E-state index contributed by atoms with van der Waals surface area (Å²) in [4.78, 5) is 42.4. The van der Waals surface area contributed by atoms with Crippen LogP contribution in [0, 0.1) is 0 Å². The molecule has 2 amide bonds. The van der Waals surface area contributed by atoms with Crippen LogP contribution in [0.2, 0.25) is 0 Å². The van der Waals surface area contributed by atoms with E-state index >= 15 is 0 Å². The standard InChI is InChI=1S/C26H32N6O3/c1-2-18-13-22-23(30-25(18)34)12-17(14-27-22)16-31-8-10-32(11-9-31)19-6-7-21(28-15-19)26(35)29-20-4-3-5-24(20)33/h6-7,12-15,20,22,24,33H,2-5,8-11,16H2,1H3,(H,29,35)/t20-,22?,24-/m0/s1. The second-order valence-electron chi connectivity index (χ2n) is 9.57. The van der Waals surface area contributed by atoms with Crippen LogP contribution in [-0.4, -0.2) is 89.6 Å². The molecule has 1 saturated carbocycles. The number of anilines is 1. The summed E-state index contributed by atoms with van der Waals surface area (Å²) in [5.74, 6) is -0.379. The first-order chi connectivity index (χ1) is 17.0. The number of dihydropyridines is 2. The van der Waals surface area contributed by atoms with Gasteiger partial charge in [0.1, 0.15) is 11.7 Å². The maximum Gasteiger partial charge on any atom is 0.272 e. The van der Waals surface area contributed by atoms with Crippen molar-refractivity contribution in [2.24, 2.45) is 9.98 Å². The number of pyridine rings is 1. The molecule has 9 heteroatoms. The van der Waals surface area contributed by atoms with Crippen molar-refractivity contribution in [3.63, 3.8) is 0 Å². The molecule has 2 N–H and O–H groups in total. The van der Waals surface area contributed by atoms with Crippen LogP contribution in [0.15, 0.2) is 51.6 Å². The third-order valence-electron chi connectivity index (χ3n) is 7.20. The van der Waals surface area contributed by atoms with Gasteiger partial charge in [0.05, 0.1) is 29.7 Å². The van der Waals surface area contributed by atoms with Crippen LogP contribution in [0.3, 0.4) is 0 Å². The van der Waals surface area contributed by atoms with Crippen LogP contribution < -0.4 is 10.2 Å². The van der Waals surface area contributed by atoms with E-state index in [2.05, 4.69) is 30.1 Å². The number of nitrogens with zero attached hydrogens (tertiary/aromatic N) is 5. The van der Waals surface area contributed by atoms with Crippen molar-refractivity contribution in [2.45, 2.75) is 50.8 Å². The summed E-state index contributed by atoms with van der Waals surface area (Å²) in [7, 11) is 0. The highest BCUT2D eigenvalue weighted by Crippen LogP contribution is 2.21. The van der Waals surface area contributed by atoms with E-state index in [1.54, 1.807) is 12.3 Å². The average Bonchev–Trinajstić information content (AvgIpc) is 3.28. The molecule has 1 aromatic rings. The Hall–Kier alpha value is -3.17. The summed E-state index contributed by atoms with van der Waals surface area (Å²) in [6, 6.07) is 3.38. The second-order valence-corrected chi connectivity index (χ2v) is 9.57. The molecular formula is C26H32N6O3. The fourth-order valence-corrected chi connectivity index (χ4v) is 5.08. The Morgan fingerprint density at radius 1 is 1.20 bits per heavy atom. The van der Waals surface area contributed by atoms with Gasteiger partial charge in [-0.25, -0.2) is 9.98 Å². The Bertz CT molecular complexity index is 1100. The Morgan fingerprint density at radius 3 is 2.71 bits per heavy atom. The number of carbonyl (C=O) groups excluding carboxylic acids is 2. The maximum absolute atomic E-state index is 12.5. The van der Waals surface area contributed by atoms with E-state index in [1.165, 1.54) is 0 Å². The number of aliphatic imine (C=N–C) groups is 2. The molecule has 1 aromatic heterocycles. The minimum atomic E-state index is -0.463. The summed E-state index contributed by atoms with van der Waals surface area (Å²) >= 11 is 0. The number of aliphatic hydroxyl groups is 1. The smallest absolute Gasteiger partial charge is 0.272 e. The van der Waals surface area contributed by atoms with Gasteiger partial charge in [0, 0.05) is 44.5 Å². The number of fused-ring (bicyclic) bond motifs is 1. The number of carbonyl (C=O) groups is 2. The van der Waals surface area contributed by atoms with E-state index in [-0.39, 0.29) is 23.9 Å². The molecule has 1 saturated heterocycles. The van der Waals surface area contributed by atoms with Gasteiger partial charge in [0.15, 0.2) is 0 Å². The molecule has 35 heavy (non-hydrogen) atoms. The van der Waals surface area contributed by atoms with Gasteiger partial charge in [-0.3, -0.25) is 19.5 Å². The molecular weight excluding hydrogens is 444 g/mol. The van der Waals surface area contributed by atoms with E-state index < -0.39 is 6.10 Å². The Morgan fingerprint density at radius 2 is 2.03 bits per heavy atom. The number of hydrogen-bond acceptors (Lipinski definition) is 7. The molecule has 3 aliphatic heterocycles. The van der Waals surface area contributed by atoms with E-state index in [1.807, 2.05) is 31.4 Å². The van der Waals surface area contributed by atoms with Gasteiger partial charge in [-0.2, -0.15) is 0 Å². The third kappa shape index (κ3) is 5.26. The van der Waals surface area contributed by atoms with Crippen LogP contribution >= 0.6 is 0 Å². The minimum Gasteiger partial charge on any atom is -0.391 e. The predicted octanol–water partition coefficient (Wildman–Crippen LogP) is 1.54. The fourth-order valence-electron chi connectivity index (χ4n) is 5.08. The van der Waals surface area contributed by atoms with Crippen molar-refractivity contribution in [1.82, 2.24) is 15.2 Å². The molecule has 3 atom stereocenters. The number of aliphatic hydroxyl groups excluding tert-OH is 1. The van der Waals surface area contributed by atoms with Gasteiger partial charge in [-0.15, -0.1) is 0 Å². The normalized spacial score (nSPS) is 26.7. The molecule has 0 radical (unpaired) electrons. The molecule has 5 rings (SSSR count). The minimum absolute atomic E-state index is 0.135. The van der Waals surface area contributed by atoms with Crippen molar-refractivity contribution in [2.75, 3.05) is 37.6 Å². The van der Waals surface area contributed by atoms with Crippen molar-refractivity contribution in [3.05, 3.63) is 47.3 Å². The first-order valence-corrected chi connectivity index (χ1v) is 12.5. The van der Waals surface area contributed by atoms with Gasteiger partial charge in [-0.1, -0.05) is 6.92 Å². The molecule has 9 nitrogen and oxygen atoms in total. The summed E-state index contributed by atoms with van der Waals surface area (Å²) in [6.07, 6.45) is 10.3. The summed E-state index contributed by atoms with van der Waals surface area (Å²) in [6.45, 7) is 6.23. The molecule has 184 valence electrons. The van der Waals surface area contributed by atoms with Gasteiger partial charge >= 0.3 is 0 Å². The third-order valence-corrected chi connectivity index (χ3v) is 7.20. The van der Waals surface area contributed by atoms with Gasteiger partial charge in [0.2, 0.25) is 0 Å². The zero-order valence-corrected chi connectivity index (χ0v) is 20.1. The van der Waals surface area contributed by atoms with Crippen LogP contribution in [-0.2, 0) is 4.79 Å². The molecule has 2 fully saturated rings. The SMILES string of the molecule is CCC1=CC2N=CC(CN3CCN(c4ccc(C(=O)N[C@H]5CCC[C@@H]5O)nc4)CC3)=CC2=NC1=O. The van der Waals surface area contributed by atoms with Crippen LogP contribution in [0.1, 0.15) is 43.1 Å².